The Labute approximate surface area is 158 Å². The Hall–Kier alpha value is -2.87. The molecule has 3 rings (SSSR count). The number of esters is 1. The lowest BCUT2D eigenvalue weighted by Crippen LogP contribution is -2.27. The molecule has 0 spiro atoms. The molecule has 1 aliphatic heterocycles. The highest BCUT2D eigenvalue weighted by Gasteiger charge is 2.31. The second-order valence-corrected chi connectivity index (χ2v) is 7.74. The third-order valence-corrected chi connectivity index (χ3v) is 5.31. The van der Waals surface area contributed by atoms with E-state index in [4.69, 9.17) is 9.47 Å². The van der Waals surface area contributed by atoms with Crippen LogP contribution in [0, 0.1) is 6.92 Å². The Bertz CT molecular complexity index is 985. The molecule has 142 valence electrons. The molecule has 2 aromatic rings. The first-order valence-corrected chi connectivity index (χ1v) is 9.91. The average molecular weight is 388 g/mol. The van der Waals surface area contributed by atoms with Gasteiger partial charge in [0.1, 0.15) is 30.8 Å². The normalized spacial score (nSPS) is 17.0. The Morgan fingerprint density at radius 1 is 1.15 bits per heavy atom. The summed E-state index contributed by atoms with van der Waals surface area (Å²) in [6.07, 6.45) is 0. The molecule has 0 saturated carbocycles. The van der Waals surface area contributed by atoms with Crippen molar-refractivity contribution in [3.63, 3.8) is 0 Å². The van der Waals surface area contributed by atoms with E-state index in [1.54, 1.807) is 25.1 Å². The lowest BCUT2D eigenvalue weighted by atomic mass is 10.2. The van der Waals surface area contributed by atoms with Crippen LogP contribution in [0.2, 0.25) is 0 Å². The Morgan fingerprint density at radius 3 is 2.70 bits per heavy atom. The molecule has 0 saturated heterocycles. The van der Waals surface area contributed by atoms with Gasteiger partial charge in [-0.05, 0) is 43.7 Å². The summed E-state index contributed by atoms with van der Waals surface area (Å²) in [6, 6.07) is 13.2. The summed E-state index contributed by atoms with van der Waals surface area (Å²) in [5.41, 5.74) is 1.52. The molecule has 1 atom stereocenters. The third kappa shape index (κ3) is 4.46. The largest absolute Gasteiger partial charge is 0.490 e. The fourth-order valence-corrected chi connectivity index (χ4v) is 3.84. The molecule has 0 unspecified atom stereocenters. The SMILES string of the molecule is Cc1cccc(OCCOC(=O)[C@H](C)N=C2NS(=O)(=O)c3ccccc32)c1. The minimum absolute atomic E-state index is 0.0737. The number of nitrogens with zero attached hydrogens (tertiary/aromatic N) is 1. The molecule has 2 aromatic carbocycles. The molecule has 1 heterocycles. The van der Waals surface area contributed by atoms with Crippen molar-refractivity contribution >= 4 is 21.8 Å². The van der Waals surface area contributed by atoms with Crippen molar-refractivity contribution in [3.8, 4) is 5.75 Å². The number of carbonyl (C=O) groups is 1. The molecule has 0 aromatic heterocycles. The standard InChI is InChI=1S/C19H20N2O5S/c1-13-6-5-7-15(12-13)25-10-11-26-19(22)14(2)20-18-16-8-3-4-9-17(16)27(23,24)21-18/h3-9,12,14H,10-11H2,1-2H3,(H,20,21)/t14-/m0/s1. The number of benzene rings is 2. The summed E-state index contributed by atoms with van der Waals surface area (Å²) in [4.78, 5) is 16.4. The summed E-state index contributed by atoms with van der Waals surface area (Å²) >= 11 is 0. The van der Waals surface area contributed by atoms with Gasteiger partial charge in [0.25, 0.3) is 10.0 Å². The summed E-state index contributed by atoms with van der Waals surface area (Å²) < 4.78 is 37.2. The zero-order valence-electron chi connectivity index (χ0n) is 15.0. The Kier molecular flexibility index (Phi) is 5.46. The van der Waals surface area contributed by atoms with Crippen molar-refractivity contribution in [2.75, 3.05) is 13.2 Å². The number of rotatable bonds is 6. The van der Waals surface area contributed by atoms with Gasteiger partial charge in [0.05, 0.1) is 4.90 Å². The monoisotopic (exact) mass is 388 g/mol. The maximum Gasteiger partial charge on any atom is 0.330 e. The van der Waals surface area contributed by atoms with Gasteiger partial charge in [0, 0.05) is 5.56 Å². The zero-order chi connectivity index (χ0) is 19.4. The van der Waals surface area contributed by atoms with Crippen molar-refractivity contribution in [1.82, 2.24) is 4.72 Å². The van der Waals surface area contributed by atoms with Crippen molar-refractivity contribution < 1.29 is 22.7 Å². The highest BCUT2D eigenvalue weighted by molar-refractivity contribution is 7.90. The summed E-state index contributed by atoms with van der Waals surface area (Å²) in [7, 11) is -3.63. The van der Waals surface area contributed by atoms with Gasteiger partial charge < -0.3 is 9.47 Å². The van der Waals surface area contributed by atoms with Gasteiger partial charge in [0.15, 0.2) is 0 Å². The van der Waals surface area contributed by atoms with Crippen LogP contribution < -0.4 is 9.46 Å². The van der Waals surface area contributed by atoms with Crippen molar-refractivity contribution in [2.24, 2.45) is 4.99 Å². The van der Waals surface area contributed by atoms with E-state index in [0.717, 1.165) is 5.56 Å². The van der Waals surface area contributed by atoms with E-state index in [2.05, 4.69) is 9.71 Å². The van der Waals surface area contributed by atoms with Crippen LogP contribution in [-0.4, -0.2) is 39.5 Å². The number of nitrogens with one attached hydrogen (secondary N) is 1. The van der Waals surface area contributed by atoms with Gasteiger partial charge in [0.2, 0.25) is 0 Å². The number of sulfonamides is 1. The van der Waals surface area contributed by atoms with Gasteiger partial charge >= 0.3 is 5.97 Å². The first-order valence-electron chi connectivity index (χ1n) is 8.43. The first kappa shape index (κ1) is 18.9. The van der Waals surface area contributed by atoms with Crippen LogP contribution in [0.1, 0.15) is 18.1 Å². The maximum atomic E-state index is 12.1. The molecule has 7 nitrogen and oxygen atoms in total. The van der Waals surface area contributed by atoms with Gasteiger partial charge in [-0.2, -0.15) is 0 Å². The molecule has 0 bridgehead atoms. The summed E-state index contributed by atoms with van der Waals surface area (Å²) in [5.74, 6) is 0.293. The number of aliphatic imine (C=N–C) groups is 1. The van der Waals surface area contributed by atoms with Gasteiger partial charge in [-0.3, -0.25) is 9.71 Å². The Balaban J connectivity index is 1.56. The predicted octanol–water partition coefficient (Wildman–Crippen LogP) is 2.04. The van der Waals surface area contributed by atoms with Gasteiger partial charge in [-0.1, -0.05) is 24.3 Å². The van der Waals surface area contributed by atoms with E-state index in [9.17, 15) is 13.2 Å². The van der Waals surface area contributed by atoms with Gasteiger partial charge in [-0.25, -0.2) is 13.2 Å². The fraction of sp³-hybridized carbons (Fsp3) is 0.263. The minimum Gasteiger partial charge on any atom is -0.490 e. The molecule has 27 heavy (non-hydrogen) atoms. The van der Waals surface area contributed by atoms with E-state index in [1.807, 2.05) is 31.2 Å². The number of fused-ring (bicyclic) bond motifs is 1. The second-order valence-electron chi connectivity index (χ2n) is 6.09. The van der Waals surface area contributed by atoms with Crippen LogP contribution >= 0.6 is 0 Å². The van der Waals surface area contributed by atoms with Crippen molar-refractivity contribution in [3.05, 3.63) is 59.7 Å². The number of amidine groups is 1. The topological polar surface area (TPSA) is 94.1 Å². The van der Waals surface area contributed by atoms with E-state index in [1.165, 1.54) is 6.07 Å². The van der Waals surface area contributed by atoms with Crippen LogP contribution in [0.5, 0.6) is 5.75 Å². The van der Waals surface area contributed by atoms with Crippen molar-refractivity contribution in [1.29, 1.82) is 0 Å². The van der Waals surface area contributed by atoms with Crippen LogP contribution in [0.15, 0.2) is 58.4 Å². The molecular formula is C19H20N2O5S. The van der Waals surface area contributed by atoms with Crippen LogP contribution in [0.4, 0.5) is 0 Å². The van der Waals surface area contributed by atoms with E-state index in [-0.39, 0.29) is 23.9 Å². The quantitative estimate of drug-likeness (QED) is 0.604. The average Bonchev–Trinajstić information content (AvgIpc) is 2.89. The number of aryl methyl sites for hydroxylation is 1. The molecule has 0 fully saturated rings. The first-order chi connectivity index (χ1) is 12.9. The molecule has 8 heteroatoms. The highest BCUT2D eigenvalue weighted by Crippen LogP contribution is 2.22. The van der Waals surface area contributed by atoms with Crippen molar-refractivity contribution in [2.45, 2.75) is 24.8 Å². The van der Waals surface area contributed by atoms with Crippen LogP contribution in [0.25, 0.3) is 0 Å². The van der Waals surface area contributed by atoms with Crippen LogP contribution in [0.3, 0.4) is 0 Å². The number of hydrogen-bond donors (Lipinski definition) is 1. The summed E-state index contributed by atoms with van der Waals surface area (Å²) in [5, 5.41) is 0. The zero-order valence-corrected chi connectivity index (χ0v) is 15.8. The van der Waals surface area contributed by atoms with E-state index >= 15 is 0 Å². The summed E-state index contributed by atoms with van der Waals surface area (Å²) in [6.45, 7) is 3.80. The van der Waals surface area contributed by atoms with E-state index in [0.29, 0.717) is 11.3 Å². The number of carbonyl (C=O) groups excluding carboxylic acids is 1. The fourth-order valence-electron chi connectivity index (χ4n) is 2.60. The lowest BCUT2D eigenvalue weighted by Gasteiger charge is -2.10. The minimum atomic E-state index is -3.63. The van der Waals surface area contributed by atoms with E-state index < -0.39 is 22.0 Å². The molecular weight excluding hydrogens is 368 g/mol. The number of ether oxygens (including phenoxy) is 2. The molecule has 0 aliphatic carbocycles. The van der Waals surface area contributed by atoms with Crippen LogP contribution in [-0.2, 0) is 19.6 Å². The molecule has 0 radical (unpaired) electrons. The predicted molar refractivity (Wildman–Crippen MR) is 100 cm³/mol. The highest BCUT2D eigenvalue weighted by atomic mass is 32.2. The lowest BCUT2D eigenvalue weighted by molar-refractivity contribution is -0.145. The maximum absolute atomic E-state index is 12.1. The molecule has 1 N–H and O–H groups in total. The smallest absolute Gasteiger partial charge is 0.330 e. The molecule has 0 amide bonds. The Morgan fingerprint density at radius 2 is 1.93 bits per heavy atom. The molecule has 1 aliphatic rings. The van der Waals surface area contributed by atoms with Gasteiger partial charge in [-0.15, -0.1) is 0 Å². The second kappa shape index (κ2) is 7.79. The number of hydrogen-bond acceptors (Lipinski definition) is 6. The third-order valence-electron chi connectivity index (χ3n) is 3.91.